The smallest absolute Gasteiger partial charge is 0.169 e. The van der Waals surface area contributed by atoms with E-state index in [1.165, 1.54) is 5.56 Å². The van der Waals surface area contributed by atoms with Crippen LogP contribution in [0.4, 0.5) is 0 Å². The number of nitrogens with one attached hydrogen (secondary N) is 1. The van der Waals surface area contributed by atoms with Crippen LogP contribution in [-0.2, 0) is 6.54 Å². The molecule has 1 aliphatic rings. The molecule has 0 amide bonds. The summed E-state index contributed by atoms with van der Waals surface area (Å²) in [6.07, 6.45) is 2.18. The second-order valence-corrected chi connectivity index (χ2v) is 5.53. The number of ether oxygens (including phenoxy) is 1. The molecule has 1 heterocycles. The molecule has 0 spiro atoms. The van der Waals surface area contributed by atoms with E-state index < -0.39 is 0 Å². The van der Waals surface area contributed by atoms with Crippen LogP contribution in [0.1, 0.15) is 18.4 Å². The number of hydrogen-bond acceptors (Lipinski definition) is 3. The van der Waals surface area contributed by atoms with Crippen molar-refractivity contribution in [3.05, 3.63) is 29.8 Å². The lowest BCUT2D eigenvalue weighted by atomic mass is 9.99. The molecule has 4 nitrogen and oxygen atoms in total. The first-order valence-corrected chi connectivity index (χ1v) is 7.40. The number of piperidine rings is 1. The molecule has 1 aromatic carbocycles. The van der Waals surface area contributed by atoms with E-state index >= 15 is 0 Å². The van der Waals surface area contributed by atoms with E-state index in [4.69, 9.17) is 17.0 Å². The van der Waals surface area contributed by atoms with E-state index in [9.17, 15) is 5.11 Å². The fourth-order valence-electron chi connectivity index (χ4n) is 2.43. The summed E-state index contributed by atoms with van der Waals surface area (Å²) in [5.74, 6) is 1.21. The first kappa shape index (κ1) is 15.1. The predicted octanol–water partition coefficient (Wildman–Crippen LogP) is 1.77. The monoisotopic (exact) mass is 294 g/mol. The zero-order chi connectivity index (χ0) is 14.4. The van der Waals surface area contributed by atoms with Crippen LogP contribution in [0.5, 0.6) is 5.75 Å². The molecule has 0 radical (unpaired) electrons. The van der Waals surface area contributed by atoms with E-state index in [-0.39, 0.29) is 6.61 Å². The van der Waals surface area contributed by atoms with Crippen molar-refractivity contribution >= 4 is 17.3 Å². The number of aliphatic hydroxyl groups is 1. The maximum absolute atomic E-state index is 9.25. The van der Waals surface area contributed by atoms with E-state index in [0.717, 1.165) is 36.8 Å². The summed E-state index contributed by atoms with van der Waals surface area (Å²) < 4.78 is 5.14. The zero-order valence-electron chi connectivity index (χ0n) is 11.8. The summed E-state index contributed by atoms with van der Waals surface area (Å²) in [6.45, 7) is 2.79. The molecule has 0 aromatic heterocycles. The van der Waals surface area contributed by atoms with Crippen LogP contribution in [0, 0.1) is 5.92 Å². The Morgan fingerprint density at radius 3 is 2.85 bits per heavy atom. The minimum Gasteiger partial charge on any atom is -0.497 e. The summed E-state index contributed by atoms with van der Waals surface area (Å²) >= 11 is 5.43. The Morgan fingerprint density at radius 1 is 1.45 bits per heavy atom. The number of benzene rings is 1. The van der Waals surface area contributed by atoms with E-state index in [1.54, 1.807) is 7.11 Å². The van der Waals surface area contributed by atoms with Gasteiger partial charge in [-0.25, -0.2) is 0 Å². The van der Waals surface area contributed by atoms with Gasteiger partial charge in [0.05, 0.1) is 7.11 Å². The van der Waals surface area contributed by atoms with E-state index in [1.807, 2.05) is 24.3 Å². The van der Waals surface area contributed by atoms with Crippen LogP contribution in [-0.4, -0.2) is 41.9 Å². The van der Waals surface area contributed by atoms with Gasteiger partial charge in [0.2, 0.25) is 0 Å². The summed E-state index contributed by atoms with van der Waals surface area (Å²) in [7, 11) is 1.66. The van der Waals surface area contributed by atoms with Crippen LogP contribution < -0.4 is 10.1 Å². The number of nitrogens with zero attached hydrogens (tertiary/aromatic N) is 1. The van der Waals surface area contributed by atoms with Crippen LogP contribution in [0.15, 0.2) is 24.3 Å². The van der Waals surface area contributed by atoms with Crippen molar-refractivity contribution in [3.63, 3.8) is 0 Å². The third-order valence-corrected chi connectivity index (χ3v) is 4.07. The zero-order valence-corrected chi connectivity index (χ0v) is 12.7. The Labute approximate surface area is 125 Å². The average Bonchev–Trinajstić information content (AvgIpc) is 2.53. The quantitative estimate of drug-likeness (QED) is 0.829. The Hall–Kier alpha value is -1.33. The molecule has 1 aliphatic heterocycles. The van der Waals surface area contributed by atoms with Crippen molar-refractivity contribution in [1.82, 2.24) is 10.2 Å². The van der Waals surface area contributed by atoms with Gasteiger partial charge < -0.3 is 20.1 Å². The number of hydrogen-bond donors (Lipinski definition) is 2. The molecule has 20 heavy (non-hydrogen) atoms. The number of thiocarbonyl (C=S) groups is 1. The molecule has 0 bridgehead atoms. The topological polar surface area (TPSA) is 44.7 Å². The Morgan fingerprint density at radius 2 is 2.20 bits per heavy atom. The summed E-state index contributed by atoms with van der Waals surface area (Å²) in [4.78, 5) is 2.16. The second kappa shape index (κ2) is 7.45. The van der Waals surface area contributed by atoms with Crippen LogP contribution >= 0.6 is 12.2 Å². The Kier molecular flexibility index (Phi) is 5.61. The molecular formula is C15H22N2O2S. The number of likely N-dealkylation sites (tertiary alicyclic amines) is 1. The van der Waals surface area contributed by atoms with Crippen molar-refractivity contribution in [2.24, 2.45) is 5.92 Å². The van der Waals surface area contributed by atoms with Gasteiger partial charge >= 0.3 is 0 Å². The van der Waals surface area contributed by atoms with Gasteiger partial charge in [-0.1, -0.05) is 12.1 Å². The number of rotatable bonds is 4. The fraction of sp³-hybridized carbons (Fsp3) is 0.533. The Balaban J connectivity index is 1.81. The lowest BCUT2D eigenvalue weighted by Crippen LogP contribution is -2.45. The van der Waals surface area contributed by atoms with E-state index in [2.05, 4.69) is 10.2 Å². The molecule has 2 N–H and O–H groups in total. The van der Waals surface area contributed by atoms with Gasteiger partial charge in [0.15, 0.2) is 5.11 Å². The largest absolute Gasteiger partial charge is 0.497 e. The van der Waals surface area contributed by atoms with Crippen LogP contribution in [0.2, 0.25) is 0 Å². The number of methoxy groups -OCH3 is 1. The maximum atomic E-state index is 9.25. The molecule has 2 rings (SSSR count). The van der Waals surface area contributed by atoms with E-state index in [0.29, 0.717) is 12.5 Å². The Bertz CT molecular complexity index is 436. The van der Waals surface area contributed by atoms with Gasteiger partial charge in [-0.3, -0.25) is 0 Å². The highest BCUT2D eigenvalue weighted by Gasteiger charge is 2.20. The second-order valence-electron chi connectivity index (χ2n) is 5.14. The molecule has 110 valence electrons. The third kappa shape index (κ3) is 4.08. The molecule has 1 saturated heterocycles. The van der Waals surface area contributed by atoms with Crippen molar-refractivity contribution < 1.29 is 9.84 Å². The summed E-state index contributed by atoms with van der Waals surface area (Å²) in [5.41, 5.74) is 1.17. The van der Waals surface area contributed by atoms with Crippen molar-refractivity contribution in [1.29, 1.82) is 0 Å². The highest BCUT2D eigenvalue weighted by molar-refractivity contribution is 7.80. The molecule has 1 aromatic rings. The molecule has 0 aliphatic carbocycles. The van der Waals surface area contributed by atoms with Gasteiger partial charge in [0.1, 0.15) is 5.75 Å². The first-order chi connectivity index (χ1) is 9.72. The number of aliphatic hydroxyl groups excluding tert-OH is 1. The molecule has 5 heteroatoms. The lowest BCUT2D eigenvalue weighted by Gasteiger charge is -2.33. The minimum absolute atomic E-state index is 0.248. The van der Waals surface area contributed by atoms with Crippen LogP contribution in [0.3, 0.4) is 0 Å². The summed E-state index contributed by atoms with van der Waals surface area (Å²) in [6, 6.07) is 7.95. The highest BCUT2D eigenvalue weighted by Crippen LogP contribution is 2.16. The fourth-order valence-corrected chi connectivity index (χ4v) is 2.67. The predicted molar refractivity (Wildman–Crippen MR) is 83.8 cm³/mol. The van der Waals surface area contributed by atoms with Crippen LogP contribution in [0.25, 0.3) is 0 Å². The lowest BCUT2D eigenvalue weighted by molar-refractivity contribution is 0.160. The van der Waals surface area contributed by atoms with Crippen molar-refractivity contribution in [2.75, 3.05) is 26.8 Å². The van der Waals surface area contributed by atoms with Gasteiger partial charge in [0.25, 0.3) is 0 Å². The normalized spacial score (nSPS) is 18.7. The van der Waals surface area contributed by atoms with Crippen molar-refractivity contribution in [3.8, 4) is 5.75 Å². The SMILES string of the molecule is COc1ccc(CNC(=S)N2CCCC(CO)C2)cc1. The standard InChI is InChI=1S/C15H22N2O2S/c1-19-14-6-4-12(5-7-14)9-16-15(20)17-8-2-3-13(10-17)11-18/h4-7,13,18H,2-3,8-11H2,1H3,(H,16,20). The molecule has 1 fully saturated rings. The molecule has 0 saturated carbocycles. The minimum atomic E-state index is 0.248. The average molecular weight is 294 g/mol. The van der Waals surface area contributed by atoms with Gasteiger partial charge in [0, 0.05) is 26.2 Å². The summed E-state index contributed by atoms with van der Waals surface area (Å²) in [5, 5.41) is 13.3. The molecule has 1 atom stereocenters. The maximum Gasteiger partial charge on any atom is 0.169 e. The molecule has 1 unspecified atom stereocenters. The highest BCUT2D eigenvalue weighted by atomic mass is 32.1. The third-order valence-electron chi connectivity index (χ3n) is 3.67. The van der Waals surface area contributed by atoms with Crippen molar-refractivity contribution in [2.45, 2.75) is 19.4 Å². The van der Waals surface area contributed by atoms with Gasteiger partial charge in [-0.2, -0.15) is 0 Å². The molecular weight excluding hydrogens is 272 g/mol. The first-order valence-electron chi connectivity index (χ1n) is 6.99. The van der Waals surface area contributed by atoms with Gasteiger partial charge in [-0.15, -0.1) is 0 Å². The van der Waals surface area contributed by atoms with Gasteiger partial charge in [-0.05, 0) is 48.7 Å².